The zero-order valence-electron chi connectivity index (χ0n) is 15.5. The summed E-state index contributed by atoms with van der Waals surface area (Å²) in [6.07, 6.45) is 6.35. The lowest BCUT2D eigenvalue weighted by molar-refractivity contribution is -0.151. The molecule has 0 aromatic carbocycles. The van der Waals surface area contributed by atoms with Gasteiger partial charge in [0.15, 0.2) is 0 Å². The van der Waals surface area contributed by atoms with Gasteiger partial charge in [-0.25, -0.2) is 0 Å². The summed E-state index contributed by atoms with van der Waals surface area (Å²) in [5.74, 6) is 1.54. The number of esters is 1. The monoisotopic (exact) mass is 362 g/mol. The number of alkyl halides is 3. The molecule has 0 aromatic rings. The van der Waals surface area contributed by atoms with Crippen LogP contribution in [0.5, 0.6) is 0 Å². The molecule has 2 aliphatic rings. The van der Waals surface area contributed by atoms with Gasteiger partial charge in [-0.2, -0.15) is 13.2 Å². The first-order valence-corrected chi connectivity index (χ1v) is 10.1. The van der Waals surface area contributed by atoms with Crippen molar-refractivity contribution in [1.29, 1.82) is 0 Å². The molecule has 0 unspecified atom stereocenters. The van der Waals surface area contributed by atoms with Gasteiger partial charge < -0.3 is 4.74 Å². The van der Waals surface area contributed by atoms with Gasteiger partial charge in [-0.3, -0.25) is 4.79 Å². The topological polar surface area (TPSA) is 26.3 Å². The first kappa shape index (κ1) is 20.6. The fourth-order valence-corrected chi connectivity index (χ4v) is 4.56. The average Bonchev–Trinajstić information content (AvgIpc) is 2.59. The standard InChI is InChI=1S/C20H33F3O2/c1-2-3-4-19(24)25-18-11-9-17(10-12-18)16-7-5-15(6-8-16)13-14-20(21,22)23/h15-18H,2-14H2,1H3/t15-,16-,17-,18-. The lowest BCUT2D eigenvalue weighted by Gasteiger charge is -2.37. The molecule has 0 N–H and O–H groups in total. The molecule has 0 atom stereocenters. The van der Waals surface area contributed by atoms with Gasteiger partial charge in [-0.1, -0.05) is 26.2 Å². The van der Waals surface area contributed by atoms with Crippen molar-refractivity contribution in [2.75, 3.05) is 0 Å². The van der Waals surface area contributed by atoms with Crippen molar-refractivity contribution in [3.05, 3.63) is 0 Å². The lowest BCUT2D eigenvalue weighted by Crippen LogP contribution is -2.30. The zero-order valence-corrected chi connectivity index (χ0v) is 15.5. The number of hydrogen-bond acceptors (Lipinski definition) is 2. The molecule has 2 aliphatic carbocycles. The molecule has 2 nitrogen and oxygen atoms in total. The second-order valence-electron chi connectivity index (χ2n) is 8.06. The first-order valence-electron chi connectivity index (χ1n) is 10.1. The molecule has 2 rings (SSSR count). The van der Waals surface area contributed by atoms with Crippen LogP contribution < -0.4 is 0 Å². The SMILES string of the molecule is CCCCC(=O)O[C@H]1CC[C@H]([C@H]2CC[C@H](CCC(F)(F)F)CC2)CC1. The minimum absolute atomic E-state index is 0.0597. The molecule has 146 valence electrons. The van der Waals surface area contributed by atoms with Gasteiger partial charge in [0.25, 0.3) is 0 Å². The largest absolute Gasteiger partial charge is 0.462 e. The van der Waals surface area contributed by atoms with E-state index < -0.39 is 12.6 Å². The van der Waals surface area contributed by atoms with Crippen LogP contribution in [0.3, 0.4) is 0 Å². The molecule has 0 radical (unpaired) electrons. The minimum Gasteiger partial charge on any atom is -0.462 e. The van der Waals surface area contributed by atoms with E-state index >= 15 is 0 Å². The Morgan fingerprint density at radius 1 is 0.960 bits per heavy atom. The van der Waals surface area contributed by atoms with Crippen LogP contribution >= 0.6 is 0 Å². The Morgan fingerprint density at radius 2 is 1.52 bits per heavy atom. The van der Waals surface area contributed by atoms with Gasteiger partial charge >= 0.3 is 12.1 Å². The maximum atomic E-state index is 12.3. The van der Waals surface area contributed by atoms with E-state index in [2.05, 4.69) is 6.92 Å². The molecule has 5 heteroatoms. The van der Waals surface area contributed by atoms with E-state index in [0.717, 1.165) is 64.2 Å². The predicted octanol–water partition coefficient (Wildman–Crippen LogP) is 6.43. The number of halogens is 3. The number of ether oxygens (including phenoxy) is 1. The normalized spacial score (nSPS) is 30.9. The second kappa shape index (κ2) is 9.82. The third-order valence-electron chi connectivity index (χ3n) is 6.15. The van der Waals surface area contributed by atoms with Crippen LogP contribution in [-0.4, -0.2) is 18.2 Å². The molecule has 2 fully saturated rings. The van der Waals surface area contributed by atoms with E-state index in [1.54, 1.807) is 0 Å². The Labute approximate surface area is 149 Å². The van der Waals surface area contributed by atoms with Crippen LogP contribution in [0.4, 0.5) is 13.2 Å². The number of unbranched alkanes of at least 4 members (excludes halogenated alkanes) is 1. The molecule has 0 aliphatic heterocycles. The van der Waals surface area contributed by atoms with Crippen molar-refractivity contribution in [2.45, 2.75) is 103 Å². The van der Waals surface area contributed by atoms with E-state index in [1.807, 2.05) is 0 Å². The van der Waals surface area contributed by atoms with Crippen molar-refractivity contribution in [2.24, 2.45) is 17.8 Å². The van der Waals surface area contributed by atoms with E-state index in [0.29, 0.717) is 24.7 Å². The molecule has 0 heterocycles. The van der Waals surface area contributed by atoms with Gasteiger partial charge in [0.05, 0.1) is 0 Å². The van der Waals surface area contributed by atoms with E-state index in [9.17, 15) is 18.0 Å². The highest BCUT2D eigenvalue weighted by molar-refractivity contribution is 5.69. The van der Waals surface area contributed by atoms with Crippen molar-refractivity contribution >= 4 is 5.97 Å². The van der Waals surface area contributed by atoms with Crippen LogP contribution in [0, 0.1) is 17.8 Å². The molecule has 0 saturated heterocycles. The molecule has 0 amide bonds. The van der Waals surface area contributed by atoms with Crippen LogP contribution in [0.2, 0.25) is 0 Å². The minimum atomic E-state index is -4.01. The molecule has 0 spiro atoms. The van der Waals surface area contributed by atoms with Crippen molar-refractivity contribution in [1.82, 2.24) is 0 Å². The molecule has 25 heavy (non-hydrogen) atoms. The Balaban J connectivity index is 1.63. The van der Waals surface area contributed by atoms with Gasteiger partial charge in [0.2, 0.25) is 0 Å². The maximum absolute atomic E-state index is 12.3. The van der Waals surface area contributed by atoms with Crippen LogP contribution in [0.15, 0.2) is 0 Å². The number of carbonyl (C=O) groups is 1. The highest BCUT2D eigenvalue weighted by Gasteiger charge is 2.33. The van der Waals surface area contributed by atoms with Crippen molar-refractivity contribution in [3.63, 3.8) is 0 Å². The number of carbonyl (C=O) groups excluding carboxylic acids is 1. The highest BCUT2D eigenvalue weighted by atomic mass is 19.4. The zero-order chi connectivity index (χ0) is 18.3. The third-order valence-corrected chi connectivity index (χ3v) is 6.15. The average molecular weight is 362 g/mol. The fourth-order valence-electron chi connectivity index (χ4n) is 4.56. The fraction of sp³-hybridized carbons (Fsp3) is 0.950. The number of hydrogen-bond donors (Lipinski definition) is 0. The Bertz CT molecular complexity index is 392. The van der Waals surface area contributed by atoms with E-state index in [1.165, 1.54) is 0 Å². The van der Waals surface area contributed by atoms with E-state index in [4.69, 9.17) is 4.74 Å². The molecule has 0 bridgehead atoms. The number of rotatable bonds is 7. The summed E-state index contributed by atoms with van der Waals surface area (Å²) in [5, 5.41) is 0. The van der Waals surface area contributed by atoms with Gasteiger partial charge in [0, 0.05) is 12.8 Å². The predicted molar refractivity (Wildman–Crippen MR) is 92.1 cm³/mol. The summed E-state index contributed by atoms with van der Waals surface area (Å²) >= 11 is 0. The van der Waals surface area contributed by atoms with Crippen molar-refractivity contribution in [3.8, 4) is 0 Å². The first-order chi connectivity index (χ1) is 11.9. The third kappa shape index (κ3) is 7.57. The van der Waals surface area contributed by atoms with Crippen LogP contribution in [0.25, 0.3) is 0 Å². The quantitative estimate of drug-likeness (QED) is 0.488. The van der Waals surface area contributed by atoms with E-state index in [-0.39, 0.29) is 18.0 Å². The van der Waals surface area contributed by atoms with Gasteiger partial charge in [0.1, 0.15) is 6.10 Å². The molecular formula is C20H33F3O2. The summed E-state index contributed by atoms with van der Waals surface area (Å²) in [6.45, 7) is 2.07. The Kier molecular flexibility index (Phi) is 8.08. The van der Waals surface area contributed by atoms with Crippen LogP contribution in [-0.2, 0) is 9.53 Å². The Hall–Kier alpha value is -0.740. The Morgan fingerprint density at radius 3 is 2.04 bits per heavy atom. The van der Waals surface area contributed by atoms with Gasteiger partial charge in [-0.15, -0.1) is 0 Å². The molecule has 2 saturated carbocycles. The van der Waals surface area contributed by atoms with Crippen molar-refractivity contribution < 1.29 is 22.7 Å². The molecule has 0 aromatic heterocycles. The summed E-state index contributed by atoms with van der Waals surface area (Å²) < 4.78 is 42.6. The smallest absolute Gasteiger partial charge is 0.389 e. The van der Waals surface area contributed by atoms with Crippen LogP contribution in [0.1, 0.15) is 90.4 Å². The molecular weight excluding hydrogens is 329 g/mol. The lowest BCUT2D eigenvalue weighted by atomic mass is 9.70. The maximum Gasteiger partial charge on any atom is 0.389 e. The summed E-state index contributed by atoms with van der Waals surface area (Å²) in [6, 6.07) is 0. The highest BCUT2D eigenvalue weighted by Crippen LogP contribution is 2.42. The van der Waals surface area contributed by atoms with Gasteiger partial charge in [-0.05, 0) is 69.1 Å². The second-order valence-corrected chi connectivity index (χ2v) is 8.06. The summed E-state index contributed by atoms with van der Waals surface area (Å²) in [7, 11) is 0. The summed E-state index contributed by atoms with van der Waals surface area (Å²) in [5.41, 5.74) is 0. The summed E-state index contributed by atoms with van der Waals surface area (Å²) in [4.78, 5) is 11.7.